The highest BCUT2D eigenvalue weighted by Gasteiger charge is 2.50. The molecular weight excluding hydrogens is 240 g/mol. The number of hydrogen-bond acceptors (Lipinski definition) is 3. The lowest BCUT2D eigenvalue weighted by Crippen LogP contribution is -2.64. The Morgan fingerprint density at radius 1 is 1.32 bits per heavy atom. The van der Waals surface area contributed by atoms with Crippen LogP contribution in [0.4, 0.5) is 0 Å². The molecule has 0 aliphatic heterocycles. The minimum absolute atomic E-state index is 0.0179. The first-order valence-corrected chi connectivity index (χ1v) is 7.41. The van der Waals surface area contributed by atoms with Crippen LogP contribution in [0.25, 0.3) is 0 Å². The van der Waals surface area contributed by atoms with Crippen LogP contribution in [0, 0.1) is 11.3 Å². The lowest BCUT2D eigenvalue weighted by atomic mass is 9.64. The Morgan fingerprint density at radius 3 is 2.53 bits per heavy atom. The largest absolute Gasteiger partial charge is 0.381 e. The van der Waals surface area contributed by atoms with E-state index in [-0.39, 0.29) is 34.9 Å². The van der Waals surface area contributed by atoms with Gasteiger partial charge in [-0.15, -0.1) is 0 Å². The second kappa shape index (κ2) is 5.06. The average molecular weight is 268 g/mol. The Bertz CT molecular complexity index is 352. The fourth-order valence-corrected chi connectivity index (χ4v) is 3.59. The van der Waals surface area contributed by atoms with Crippen molar-refractivity contribution < 1.29 is 9.53 Å². The number of nitrogens with one attached hydrogen (secondary N) is 1. The van der Waals surface area contributed by atoms with Gasteiger partial charge in [-0.25, -0.2) is 0 Å². The molecule has 0 aromatic carbocycles. The fourth-order valence-electron chi connectivity index (χ4n) is 3.59. The van der Waals surface area contributed by atoms with E-state index in [1.807, 2.05) is 6.92 Å². The first kappa shape index (κ1) is 14.8. The van der Waals surface area contributed by atoms with Crippen molar-refractivity contribution in [3.05, 3.63) is 0 Å². The molecule has 110 valence electrons. The fraction of sp³-hybridized carbons (Fsp3) is 0.933. The van der Waals surface area contributed by atoms with E-state index < -0.39 is 0 Å². The summed E-state index contributed by atoms with van der Waals surface area (Å²) in [6.07, 6.45) is 5.26. The van der Waals surface area contributed by atoms with Gasteiger partial charge < -0.3 is 15.8 Å². The van der Waals surface area contributed by atoms with Crippen molar-refractivity contribution in [2.45, 2.75) is 70.6 Å². The quantitative estimate of drug-likeness (QED) is 0.820. The van der Waals surface area contributed by atoms with Crippen LogP contribution in [-0.2, 0) is 9.53 Å². The summed E-state index contributed by atoms with van der Waals surface area (Å²) < 4.78 is 5.42. The van der Waals surface area contributed by atoms with Crippen molar-refractivity contribution in [1.82, 2.24) is 5.32 Å². The number of carbonyl (C=O) groups excluding carboxylic acids is 1. The highest BCUT2D eigenvalue weighted by atomic mass is 16.5. The Hall–Kier alpha value is -0.610. The molecule has 0 bridgehead atoms. The summed E-state index contributed by atoms with van der Waals surface area (Å²) >= 11 is 0. The average Bonchev–Trinajstić information content (AvgIpc) is 2.33. The van der Waals surface area contributed by atoms with E-state index >= 15 is 0 Å². The molecule has 2 aliphatic rings. The molecular formula is C15H28N2O2. The number of rotatable bonds is 3. The van der Waals surface area contributed by atoms with Gasteiger partial charge in [-0.3, -0.25) is 4.79 Å². The number of nitrogens with two attached hydrogens (primary N) is 1. The first-order valence-electron chi connectivity index (χ1n) is 7.41. The number of amides is 1. The van der Waals surface area contributed by atoms with Crippen LogP contribution in [0.1, 0.15) is 52.9 Å². The molecule has 2 rings (SSSR count). The molecule has 4 nitrogen and oxygen atoms in total. The monoisotopic (exact) mass is 268 g/mol. The molecule has 3 N–H and O–H groups in total. The van der Waals surface area contributed by atoms with Gasteiger partial charge >= 0.3 is 0 Å². The minimum Gasteiger partial charge on any atom is -0.381 e. The normalized spacial score (nSPS) is 41.4. The summed E-state index contributed by atoms with van der Waals surface area (Å²) in [5.41, 5.74) is 5.96. The first-order chi connectivity index (χ1) is 8.79. The molecule has 2 saturated carbocycles. The zero-order valence-corrected chi connectivity index (χ0v) is 12.7. The molecule has 0 heterocycles. The maximum atomic E-state index is 12.5. The van der Waals surface area contributed by atoms with Gasteiger partial charge in [-0.1, -0.05) is 26.7 Å². The molecule has 0 radical (unpaired) electrons. The maximum absolute atomic E-state index is 12.5. The number of carbonyl (C=O) groups is 1. The topological polar surface area (TPSA) is 64.3 Å². The Kier molecular flexibility index (Phi) is 3.94. The molecule has 0 aromatic heterocycles. The van der Waals surface area contributed by atoms with E-state index in [0.717, 1.165) is 32.1 Å². The Balaban J connectivity index is 1.95. The van der Waals surface area contributed by atoms with Gasteiger partial charge in [0.1, 0.15) is 0 Å². The molecule has 0 saturated heterocycles. The predicted octanol–water partition coefficient (Wildman–Crippen LogP) is 1.82. The summed E-state index contributed by atoms with van der Waals surface area (Å²) in [5.74, 6) is 0.0935. The van der Waals surface area contributed by atoms with Crippen LogP contribution in [0.2, 0.25) is 0 Å². The molecule has 4 unspecified atom stereocenters. The third-order valence-corrected chi connectivity index (χ3v) is 5.35. The van der Waals surface area contributed by atoms with Gasteiger partial charge in [-0.2, -0.15) is 0 Å². The zero-order chi connectivity index (χ0) is 14.3. The molecule has 2 aliphatic carbocycles. The van der Waals surface area contributed by atoms with Crippen molar-refractivity contribution in [3.63, 3.8) is 0 Å². The summed E-state index contributed by atoms with van der Waals surface area (Å²) in [6.45, 7) is 6.32. The van der Waals surface area contributed by atoms with E-state index in [9.17, 15) is 4.79 Å². The van der Waals surface area contributed by atoms with Gasteiger partial charge in [-0.05, 0) is 26.2 Å². The van der Waals surface area contributed by atoms with Crippen LogP contribution in [0.3, 0.4) is 0 Å². The maximum Gasteiger partial charge on any atom is 0.225 e. The second-order valence-corrected chi connectivity index (χ2v) is 7.15. The molecule has 4 atom stereocenters. The highest BCUT2D eigenvalue weighted by Crippen LogP contribution is 2.43. The third kappa shape index (κ3) is 2.65. The van der Waals surface area contributed by atoms with Crippen molar-refractivity contribution in [2.75, 3.05) is 7.11 Å². The van der Waals surface area contributed by atoms with Gasteiger partial charge in [0.25, 0.3) is 0 Å². The highest BCUT2D eigenvalue weighted by molar-refractivity contribution is 5.80. The molecule has 4 heteroatoms. The molecule has 2 fully saturated rings. The summed E-state index contributed by atoms with van der Waals surface area (Å²) in [5, 5.41) is 3.20. The van der Waals surface area contributed by atoms with E-state index in [1.165, 1.54) is 0 Å². The predicted molar refractivity (Wildman–Crippen MR) is 75.7 cm³/mol. The van der Waals surface area contributed by atoms with Crippen molar-refractivity contribution in [3.8, 4) is 0 Å². The van der Waals surface area contributed by atoms with E-state index in [2.05, 4.69) is 19.2 Å². The lowest BCUT2D eigenvalue weighted by Gasteiger charge is -2.52. The van der Waals surface area contributed by atoms with Crippen molar-refractivity contribution in [2.24, 2.45) is 17.1 Å². The summed E-state index contributed by atoms with van der Waals surface area (Å²) in [4.78, 5) is 12.5. The Labute approximate surface area is 116 Å². The lowest BCUT2D eigenvalue weighted by molar-refractivity contribution is -0.138. The van der Waals surface area contributed by atoms with Gasteiger partial charge in [0, 0.05) is 24.1 Å². The molecule has 0 spiro atoms. The number of hydrogen-bond donors (Lipinski definition) is 2. The number of ether oxygens (including phenoxy) is 1. The van der Waals surface area contributed by atoms with E-state index in [4.69, 9.17) is 10.5 Å². The smallest absolute Gasteiger partial charge is 0.225 e. The van der Waals surface area contributed by atoms with Crippen LogP contribution in [0.5, 0.6) is 0 Å². The van der Waals surface area contributed by atoms with Crippen molar-refractivity contribution >= 4 is 5.91 Å². The van der Waals surface area contributed by atoms with Gasteiger partial charge in [0.05, 0.1) is 12.0 Å². The third-order valence-electron chi connectivity index (χ3n) is 5.35. The van der Waals surface area contributed by atoms with Crippen molar-refractivity contribution in [1.29, 1.82) is 0 Å². The second-order valence-electron chi connectivity index (χ2n) is 7.15. The number of methoxy groups -OCH3 is 1. The van der Waals surface area contributed by atoms with E-state index in [1.54, 1.807) is 7.11 Å². The van der Waals surface area contributed by atoms with Gasteiger partial charge in [0.15, 0.2) is 0 Å². The zero-order valence-electron chi connectivity index (χ0n) is 12.7. The minimum atomic E-state index is -0.350. The van der Waals surface area contributed by atoms with Crippen LogP contribution < -0.4 is 11.1 Å². The summed E-state index contributed by atoms with van der Waals surface area (Å²) in [7, 11) is 1.74. The SMILES string of the molecule is COC1CC(NC(=O)C2CCCCC2(C)N)C1(C)C. The molecule has 0 aromatic rings. The molecule has 19 heavy (non-hydrogen) atoms. The van der Waals surface area contributed by atoms with Crippen LogP contribution in [0.15, 0.2) is 0 Å². The Morgan fingerprint density at radius 2 is 2.00 bits per heavy atom. The summed E-state index contributed by atoms with van der Waals surface area (Å²) in [6, 6.07) is 0.211. The molecule has 1 amide bonds. The van der Waals surface area contributed by atoms with E-state index in [0.29, 0.717) is 0 Å². The van der Waals surface area contributed by atoms with Crippen LogP contribution in [-0.4, -0.2) is 30.7 Å². The standard InChI is InChI=1S/C15H28N2O2/c1-14(2)11(9-12(14)19-4)17-13(18)10-7-5-6-8-15(10,3)16/h10-12H,5-9,16H2,1-4H3,(H,17,18). The van der Waals surface area contributed by atoms with Crippen LogP contribution >= 0.6 is 0 Å². The van der Waals surface area contributed by atoms with Gasteiger partial charge in [0.2, 0.25) is 5.91 Å².